The molecule has 1 aliphatic rings. The summed E-state index contributed by atoms with van der Waals surface area (Å²) < 4.78 is 5.06. The lowest BCUT2D eigenvalue weighted by Gasteiger charge is -2.38. The SMILES string of the molecule is N[C@H]1[C@@H](O)[C@@H](O)[C@@H](CO)O[C@@H]1Br. The molecule has 0 aliphatic carbocycles. The van der Waals surface area contributed by atoms with E-state index in [1.165, 1.54) is 0 Å². The van der Waals surface area contributed by atoms with Crippen LogP contribution in [0.15, 0.2) is 0 Å². The molecular weight excluding hydrogens is 230 g/mol. The second-order valence-electron chi connectivity index (χ2n) is 2.77. The van der Waals surface area contributed by atoms with Crippen LogP contribution in [-0.4, -0.2) is 51.3 Å². The van der Waals surface area contributed by atoms with Crippen LogP contribution in [0.25, 0.3) is 0 Å². The van der Waals surface area contributed by atoms with Crippen LogP contribution < -0.4 is 5.73 Å². The van der Waals surface area contributed by atoms with Gasteiger partial charge >= 0.3 is 0 Å². The van der Waals surface area contributed by atoms with Crippen molar-refractivity contribution in [3.63, 3.8) is 0 Å². The van der Waals surface area contributed by atoms with Gasteiger partial charge in [-0.3, -0.25) is 0 Å². The van der Waals surface area contributed by atoms with Gasteiger partial charge in [-0.15, -0.1) is 0 Å². The van der Waals surface area contributed by atoms with E-state index in [-0.39, 0.29) is 6.61 Å². The normalized spacial score (nSPS) is 49.2. The third-order valence-electron chi connectivity index (χ3n) is 1.91. The highest BCUT2D eigenvalue weighted by Crippen LogP contribution is 2.22. The highest BCUT2D eigenvalue weighted by molar-refractivity contribution is 9.09. The fraction of sp³-hybridized carbons (Fsp3) is 1.00. The van der Waals surface area contributed by atoms with Crippen LogP contribution in [0.3, 0.4) is 0 Å². The number of aliphatic hydroxyl groups excluding tert-OH is 3. The number of hydrogen-bond acceptors (Lipinski definition) is 5. The molecule has 0 aromatic carbocycles. The summed E-state index contributed by atoms with van der Waals surface area (Å²) in [5.74, 6) is 0. The maximum atomic E-state index is 9.32. The first kappa shape index (κ1) is 10.4. The van der Waals surface area contributed by atoms with Crippen LogP contribution in [0.1, 0.15) is 0 Å². The summed E-state index contributed by atoms with van der Waals surface area (Å²) in [6, 6.07) is -0.678. The summed E-state index contributed by atoms with van der Waals surface area (Å²) in [6.45, 7) is -0.340. The van der Waals surface area contributed by atoms with Gasteiger partial charge < -0.3 is 25.8 Å². The van der Waals surface area contributed by atoms with E-state index in [1.807, 2.05) is 0 Å². The van der Waals surface area contributed by atoms with Crippen molar-refractivity contribution >= 4 is 15.9 Å². The minimum absolute atomic E-state index is 0.340. The van der Waals surface area contributed by atoms with Gasteiger partial charge in [-0.2, -0.15) is 0 Å². The molecule has 0 radical (unpaired) electrons. The second-order valence-corrected chi connectivity index (χ2v) is 3.67. The molecule has 1 saturated heterocycles. The van der Waals surface area contributed by atoms with Crippen LogP contribution in [0.4, 0.5) is 0 Å². The van der Waals surface area contributed by atoms with Gasteiger partial charge in [0.15, 0.2) is 0 Å². The molecule has 12 heavy (non-hydrogen) atoms. The quantitative estimate of drug-likeness (QED) is 0.405. The first-order valence-electron chi connectivity index (χ1n) is 3.60. The molecule has 0 aromatic heterocycles. The van der Waals surface area contributed by atoms with E-state index >= 15 is 0 Å². The predicted octanol–water partition coefficient (Wildman–Crippen LogP) is -1.85. The van der Waals surface area contributed by atoms with Gasteiger partial charge in [-0.25, -0.2) is 0 Å². The molecule has 0 unspecified atom stereocenters. The maximum absolute atomic E-state index is 9.32. The number of aliphatic hydroxyl groups is 3. The topological polar surface area (TPSA) is 95.9 Å². The lowest BCUT2D eigenvalue weighted by Crippen LogP contribution is -2.60. The molecule has 0 aromatic rings. The van der Waals surface area contributed by atoms with Crippen molar-refractivity contribution in [2.75, 3.05) is 6.61 Å². The fourth-order valence-corrected chi connectivity index (χ4v) is 1.68. The zero-order valence-corrected chi connectivity index (χ0v) is 7.89. The van der Waals surface area contributed by atoms with Gasteiger partial charge in [0.05, 0.1) is 12.6 Å². The molecule has 1 rings (SSSR count). The summed E-state index contributed by atoms with van der Waals surface area (Å²) in [6.07, 6.45) is -2.97. The van der Waals surface area contributed by atoms with Crippen LogP contribution in [0.2, 0.25) is 0 Å². The third kappa shape index (κ3) is 1.78. The Morgan fingerprint density at radius 1 is 1.33 bits per heavy atom. The highest BCUT2D eigenvalue weighted by Gasteiger charge is 2.41. The Bertz CT molecular complexity index is 154. The minimum Gasteiger partial charge on any atom is -0.394 e. The minimum atomic E-state index is -1.13. The van der Waals surface area contributed by atoms with Gasteiger partial charge in [0.25, 0.3) is 0 Å². The summed E-state index contributed by atoms with van der Waals surface area (Å²) in [7, 11) is 0. The molecule has 72 valence electrons. The van der Waals surface area contributed by atoms with E-state index in [4.69, 9.17) is 15.6 Å². The number of nitrogens with two attached hydrogens (primary N) is 1. The predicted molar refractivity (Wildman–Crippen MR) is 44.7 cm³/mol. The van der Waals surface area contributed by atoms with Gasteiger partial charge in [0.1, 0.15) is 23.3 Å². The molecule has 0 amide bonds. The summed E-state index contributed by atoms with van der Waals surface area (Å²) in [4.78, 5) is 0. The molecule has 6 heteroatoms. The Hall–Kier alpha value is 0.280. The first-order valence-corrected chi connectivity index (χ1v) is 4.51. The molecule has 5 atom stereocenters. The zero-order valence-electron chi connectivity index (χ0n) is 6.30. The van der Waals surface area contributed by atoms with Crippen LogP contribution in [0.5, 0.6) is 0 Å². The lowest BCUT2D eigenvalue weighted by molar-refractivity contribution is -0.164. The van der Waals surface area contributed by atoms with E-state index in [9.17, 15) is 10.2 Å². The van der Waals surface area contributed by atoms with E-state index in [0.29, 0.717) is 0 Å². The highest BCUT2D eigenvalue weighted by atomic mass is 79.9. The van der Waals surface area contributed by atoms with Gasteiger partial charge in [0, 0.05) is 0 Å². The number of rotatable bonds is 1. The van der Waals surface area contributed by atoms with Gasteiger partial charge in [0.2, 0.25) is 0 Å². The van der Waals surface area contributed by atoms with Crippen molar-refractivity contribution in [1.82, 2.24) is 0 Å². The van der Waals surface area contributed by atoms with E-state index in [1.54, 1.807) is 0 Å². The van der Waals surface area contributed by atoms with Crippen molar-refractivity contribution in [1.29, 1.82) is 0 Å². The molecule has 0 saturated carbocycles. The van der Waals surface area contributed by atoms with E-state index in [2.05, 4.69) is 15.9 Å². The number of halogens is 1. The molecule has 0 bridgehead atoms. The Kier molecular flexibility index (Phi) is 3.45. The molecule has 5 N–H and O–H groups in total. The summed E-state index contributed by atoms with van der Waals surface area (Å²) in [5.41, 5.74) is 5.47. The zero-order chi connectivity index (χ0) is 9.30. The Balaban J connectivity index is 2.63. The first-order chi connectivity index (χ1) is 5.57. The van der Waals surface area contributed by atoms with Crippen LogP contribution in [0, 0.1) is 0 Å². The van der Waals surface area contributed by atoms with Crippen molar-refractivity contribution in [2.45, 2.75) is 29.4 Å². The van der Waals surface area contributed by atoms with Gasteiger partial charge in [-0.1, -0.05) is 15.9 Å². The number of ether oxygens (including phenoxy) is 1. The molecule has 1 fully saturated rings. The Morgan fingerprint density at radius 3 is 2.42 bits per heavy atom. The molecular formula is C6H12BrNO4. The number of alkyl halides is 1. The fourth-order valence-electron chi connectivity index (χ4n) is 1.09. The van der Waals surface area contributed by atoms with Crippen molar-refractivity contribution in [3.8, 4) is 0 Å². The summed E-state index contributed by atoms with van der Waals surface area (Å²) in [5, 5.41) is 26.8. The van der Waals surface area contributed by atoms with Gasteiger partial charge in [-0.05, 0) is 0 Å². The molecule has 1 aliphatic heterocycles. The second kappa shape index (κ2) is 3.99. The van der Waals surface area contributed by atoms with E-state index < -0.39 is 29.4 Å². The Labute approximate surface area is 78.3 Å². The molecule has 0 spiro atoms. The van der Waals surface area contributed by atoms with Crippen molar-refractivity contribution in [2.24, 2.45) is 5.73 Å². The molecule has 5 nitrogen and oxygen atoms in total. The monoisotopic (exact) mass is 241 g/mol. The van der Waals surface area contributed by atoms with Crippen LogP contribution >= 0.6 is 15.9 Å². The average molecular weight is 242 g/mol. The van der Waals surface area contributed by atoms with Crippen molar-refractivity contribution < 1.29 is 20.1 Å². The van der Waals surface area contributed by atoms with E-state index in [0.717, 1.165) is 0 Å². The average Bonchev–Trinajstić information content (AvgIpc) is 2.08. The summed E-state index contributed by atoms with van der Waals surface area (Å²) >= 11 is 3.07. The smallest absolute Gasteiger partial charge is 0.130 e. The van der Waals surface area contributed by atoms with Crippen molar-refractivity contribution in [3.05, 3.63) is 0 Å². The largest absolute Gasteiger partial charge is 0.394 e. The van der Waals surface area contributed by atoms with Crippen LogP contribution in [-0.2, 0) is 4.74 Å². The third-order valence-corrected chi connectivity index (χ3v) is 2.74. The molecule has 1 heterocycles. The standard InChI is InChI=1S/C6H12BrNO4/c7-6-3(8)5(11)4(10)2(1-9)12-6/h2-6,9-11H,1,8H2/t2-,3+,4+,5-,6+/m1/s1. The lowest BCUT2D eigenvalue weighted by atomic mass is 9.99. The number of hydrogen-bond donors (Lipinski definition) is 4. The maximum Gasteiger partial charge on any atom is 0.130 e. The Morgan fingerprint density at radius 2 is 1.92 bits per heavy atom.